The molecule has 0 atom stereocenters. The summed E-state index contributed by atoms with van der Waals surface area (Å²) in [5.41, 5.74) is 0. The summed E-state index contributed by atoms with van der Waals surface area (Å²) in [6, 6.07) is 3.24. The van der Waals surface area contributed by atoms with E-state index in [4.69, 9.17) is 10.5 Å². The molecule has 0 unspecified atom stereocenters. The highest BCUT2D eigenvalue weighted by molar-refractivity contribution is 4.74. The van der Waals surface area contributed by atoms with Crippen molar-refractivity contribution in [3.8, 4) is 12.1 Å². The first-order chi connectivity index (χ1) is 8.02. The Morgan fingerprint density at radius 1 is 0.941 bits per heavy atom. The van der Waals surface area contributed by atoms with E-state index in [1.54, 1.807) is 12.1 Å². The molecule has 0 aromatic carbocycles. The third-order valence-corrected chi connectivity index (χ3v) is 1.80. The second-order valence-corrected chi connectivity index (χ2v) is 2.92. The third kappa shape index (κ3) is 5.74. The second kappa shape index (κ2) is 7.64. The van der Waals surface area contributed by atoms with E-state index in [1.807, 2.05) is 0 Å². The molecular weight excluding hydrogens is 232 g/mol. The van der Waals surface area contributed by atoms with Gasteiger partial charge in [0.25, 0.3) is 0 Å². The van der Waals surface area contributed by atoms with Gasteiger partial charge in [0.2, 0.25) is 0 Å². The maximum atomic E-state index is 10.4. The molecule has 0 amide bonds. The van der Waals surface area contributed by atoms with E-state index in [2.05, 4.69) is 0 Å². The van der Waals surface area contributed by atoms with Crippen LogP contribution in [0.15, 0.2) is 0 Å². The lowest BCUT2D eigenvalue weighted by Gasteiger charge is -2.13. The van der Waals surface area contributed by atoms with Crippen LogP contribution in [0.5, 0.6) is 0 Å². The highest BCUT2D eigenvalue weighted by Crippen LogP contribution is 1.95. The summed E-state index contributed by atoms with van der Waals surface area (Å²) >= 11 is 0. The Kier molecular flexibility index (Phi) is 6.47. The van der Waals surface area contributed by atoms with Crippen molar-refractivity contribution in [2.45, 2.75) is 6.42 Å². The Hall–Kier alpha value is -2.62. The first-order valence-corrected chi connectivity index (χ1v) is 4.55. The largest absolute Gasteiger partial charge is 0.235 e. The summed E-state index contributed by atoms with van der Waals surface area (Å²) in [4.78, 5) is 20.8. The van der Waals surface area contributed by atoms with E-state index in [9.17, 15) is 20.2 Å². The van der Waals surface area contributed by atoms with Gasteiger partial charge < -0.3 is 0 Å². The monoisotopic (exact) mass is 242 g/mol. The maximum absolute atomic E-state index is 10.4. The van der Waals surface area contributed by atoms with Crippen molar-refractivity contribution in [1.82, 2.24) is 10.0 Å². The Balaban J connectivity index is 4.10. The summed E-state index contributed by atoms with van der Waals surface area (Å²) < 4.78 is 0. The van der Waals surface area contributed by atoms with E-state index in [0.29, 0.717) is 10.0 Å². The van der Waals surface area contributed by atoms with Crippen LogP contribution in [0, 0.1) is 42.9 Å². The molecule has 0 aliphatic rings. The SMILES string of the molecule is N#CCN(CCCN(CC#N)[N+](=O)[O-])[N+](=O)[O-]. The van der Waals surface area contributed by atoms with Crippen LogP contribution < -0.4 is 0 Å². The van der Waals surface area contributed by atoms with Gasteiger partial charge in [-0.1, -0.05) is 0 Å². The molecule has 0 aliphatic heterocycles. The van der Waals surface area contributed by atoms with Crippen molar-refractivity contribution in [2.24, 2.45) is 0 Å². The Morgan fingerprint density at radius 3 is 1.53 bits per heavy atom. The predicted molar refractivity (Wildman–Crippen MR) is 53.0 cm³/mol. The minimum atomic E-state index is -0.732. The van der Waals surface area contributed by atoms with Crippen LogP contribution in [0.3, 0.4) is 0 Å². The Bertz CT molecular complexity index is 324. The van der Waals surface area contributed by atoms with Gasteiger partial charge in [-0.15, -0.1) is 10.0 Å². The lowest BCUT2D eigenvalue weighted by Crippen LogP contribution is -2.36. The van der Waals surface area contributed by atoms with E-state index in [0.717, 1.165) is 0 Å². The minimum absolute atomic E-state index is 0.0870. The lowest BCUT2D eigenvalue weighted by molar-refractivity contribution is -0.659. The average molecular weight is 242 g/mol. The van der Waals surface area contributed by atoms with Gasteiger partial charge in [-0.05, 0) is 6.42 Å². The molecule has 0 heterocycles. The number of hydrogen-bond acceptors (Lipinski definition) is 6. The van der Waals surface area contributed by atoms with E-state index in [1.165, 1.54) is 0 Å². The van der Waals surface area contributed by atoms with Gasteiger partial charge in [-0.3, -0.25) is 0 Å². The summed E-state index contributed by atoms with van der Waals surface area (Å²) in [5.74, 6) is 0. The molecule has 0 fully saturated rings. The van der Waals surface area contributed by atoms with Gasteiger partial charge in [-0.2, -0.15) is 10.5 Å². The van der Waals surface area contributed by atoms with Gasteiger partial charge in [0.1, 0.15) is 0 Å². The molecule has 0 rings (SSSR count). The highest BCUT2D eigenvalue weighted by atomic mass is 16.7. The smallest absolute Gasteiger partial charge is 0.165 e. The number of nitro groups is 2. The maximum Gasteiger partial charge on any atom is 0.165 e. The predicted octanol–water partition coefficient (Wildman–Crippen LogP) is -0.589. The van der Waals surface area contributed by atoms with Crippen molar-refractivity contribution in [1.29, 1.82) is 10.5 Å². The quantitative estimate of drug-likeness (QED) is 0.312. The molecule has 0 aromatic heterocycles. The van der Waals surface area contributed by atoms with Crippen molar-refractivity contribution in [3.63, 3.8) is 0 Å². The highest BCUT2D eigenvalue weighted by Gasteiger charge is 2.17. The zero-order valence-corrected chi connectivity index (χ0v) is 8.85. The fraction of sp³-hybridized carbons (Fsp3) is 0.714. The number of nitriles is 2. The molecular formula is C7H10N6O4. The van der Waals surface area contributed by atoms with Crippen molar-refractivity contribution >= 4 is 0 Å². The molecule has 0 aromatic rings. The minimum Gasteiger partial charge on any atom is -0.235 e. The number of nitrogens with zero attached hydrogens (tertiary/aromatic N) is 6. The first-order valence-electron chi connectivity index (χ1n) is 4.55. The molecule has 10 heteroatoms. The molecule has 0 saturated carbocycles. The fourth-order valence-corrected chi connectivity index (χ4v) is 1.04. The molecule has 17 heavy (non-hydrogen) atoms. The first kappa shape index (κ1) is 14.4. The summed E-state index contributed by atoms with van der Waals surface area (Å²) in [6.07, 6.45) is 0.116. The molecule has 0 N–H and O–H groups in total. The molecule has 0 aliphatic carbocycles. The van der Waals surface area contributed by atoms with Crippen molar-refractivity contribution in [3.05, 3.63) is 20.2 Å². The number of rotatable bonds is 8. The summed E-state index contributed by atoms with van der Waals surface area (Å²) in [5, 5.41) is 37.3. The van der Waals surface area contributed by atoms with Crippen LogP contribution in [0.25, 0.3) is 0 Å². The van der Waals surface area contributed by atoms with Crippen LogP contribution in [-0.2, 0) is 0 Å². The van der Waals surface area contributed by atoms with Crippen LogP contribution in [0.2, 0.25) is 0 Å². The van der Waals surface area contributed by atoms with Crippen molar-refractivity contribution in [2.75, 3.05) is 26.2 Å². The molecule has 0 saturated heterocycles. The van der Waals surface area contributed by atoms with E-state index < -0.39 is 10.1 Å². The molecule has 10 nitrogen and oxygen atoms in total. The van der Waals surface area contributed by atoms with E-state index >= 15 is 0 Å². The third-order valence-electron chi connectivity index (χ3n) is 1.80. The van der Waals surface area contributed by atoms with Crippen LogP contribution in [-0.4, -0.2) is 46.3 Å². The average Bonchev–Trinajstić information content (AvgIpc) is 2.26. The Morgan fingerprint density at radius 2 is 1.29 bits per heavy atom. The number of hydrazine groups is 2. The molecule has 0 spiro atoms. The van der Waals surface area contributed by atoms with Gasteiger partial charge in [0, 0.05) is 0 Å². The topological polar surface area (TPSA) is 140 Å². The normalized spacial score (nSPS) is 8.82. The zero-order valence-electron chi connectivity index (χ0n) is 8.85. The zero-order chi connectivity index (χ0) is 13.3. The van der Waals surface area contributed by atoms with Crippen LogP contribution in [0.1, 0.15) is 6.42 Å². The molecule has 0 bridgehead atoms. The van der Waals surface area contributed by atoms with Gasteiger partial charge in [0.05, 0.1) is 25.2 Å². The summed E-state index contributed by atoms with van der Waals surface area (Å²) in [6.45, 7) is -0.944. The van der Waals surface area contributed by atoms with Crippen LogP contribution >= 0.6 is 0 Å². The Labute approximate surface area is 96.5 Å². The summed E-state index contributed by atoms with van der Waals surface area (Å²) in [7, 11) is 0. The standard InChI is InChI=1S/C7H10N6O4/c8-2-6-10(12(14)15)4-1-5-11(7-3-9)13(16)17/h1,4-7H2. The van der Waals surface area contributed by atoms with Crippen molar-refractivity contribution < 1.29 is 10.1 Å². The fourth-order valence-electron chi connectivity index (χ4n) is 1.04. The lowest BCUT2D eigenvalue weighted by atomic mass is 10.4. The van der Waals surface area contributed by atoms with Gasteiger partial charge in [-0.25, -0.2) is 20.2 Å². The molecule has 92 valence electrons. The molecule has 0 radical (unpaired) electrons. The second-order valence-electron chi connectivity index (χ2n) is 2.92. The van der Waals surface area contributed by atoms with Crippen LogP contribution in [0.4, 0.5) is 0 Å². The van der Waals surface area contributed by atoms with Gasteiger partial charge in [0.15, 0.2) is 23.2 Å². The number of hydrogen-bond donors (Lipinski definition) is 0. The van der Waals surface area contributed by atoms with E-state index in [-0.39, 0.29) is 32.6 Å². The van der Waals surface area contributed by atoms with Gasteiger partial charge >= 0.3 is 0 Å².